The number of hydrogen-bond acceptors (Lipinski definition) is 4. The lowest BCUT2D eigenvalue weighted by atomic mass is 10.0. The van der Waals surface area contributed by atoms with Gasteiger partial charge in [0.2, 0.25) is 5.91 Å². The number of rotatable bonds is 6. The van der Waals surface area contributed by atoms with Gasteiger partial charge in [0.05, 0.1) is 7.11 Å². The van der Waals surface area contributed by atoms with E-state index in [1.165, 1.54) is 7.11 Å². The van der Waals surface area contributed by atoms with Crippen LogP contribution in [0, 0.1) is 5.92 Å². The molecule has 1 N–H and O–H groups in total. The van der Waals surface area contributed by atoms with Crippen LogP contribution in [0.2, 0.25) is 0 Å². The Morgan fingerprint density at radius 3 is 2.58 bits per heavy atom. The van der Waals surface area contributed by atoms with Gasteiger partial charge in [0, 0.05) is 30.4 Å². The molecule has 1 saturated heterocycles. The van der Waals surface area contributed by atoms with Crippen molar-refractivity contribution in [3.05, 3.63) is 28.7 Å². The third-order valence-electron chi connectivity index (χ3n) is 4.34. The number of likely N-dealkylation sites (tertiary alicyclic amines) is 1. The first-order valence-corrected chi connectivity index (χ1v) is 9.73. The second-order valence-corrected chi connectivity index (χ2v) is 7.83. The lowest BCUT2D eigenvalue weighted by Gasteiger charge is -2.34. The van der Waals surface area contributed by atoms with Crippen molar-refractivity contribution in [2.24, 2.45) is 5.92 Å². The minimum Gasteiger partial charge on any atom is -0.490 e. The Bertz CT molecular complexity index is 615. The third-order valence-corrected chi connectivity index (χ3v) is 4.83. The van der Waals surface area contributed by atoms with Crippen LogP contribution in [0.3, 0.4) is 0 Å². The van der Waals surface area contributed by atoms with Crippen molar-refractivity contribution in [2.75, 3.05) is 20.2 Å². The van der Waals surface area contributed by atoms with Crippen LogP contribution in [0.1, 0.15) is 33.1 Å². The van der Waals surface area contributed by atoms with Gasteiger partial charge in [0.25, 0.3) is 0 Å². The summed E-state index contributed by atoms with van der Waals surface area (Å²) in [5.41, 5.74) is 0. The molecule has 0 radical (unpaired) electrons. The monoisotopic (exact) mass is 426 g/mol. The zero-order valence-electron chi connectivity index (χ0n) is 15.5. The number of benzene rings is 1. The molecule has 1 aliphatic heterocycles. The van der Waals surface area contributed by atoms with Crippen molar-refractivity contribution in [3.8, 4) is 5.75 Å². The van der Waals surface area contributed by atoms with Crippen LogP contribution in [0.25, 0.3) is 0 Å². The Balaban J connectivity index is 1.89. The highest BCUT2D eigenvalue weighted by molar-refractivity contribution is 9.10. The standard InChI is InChI=1S/C19H27BrN2O4/c1-13(2)11-17(21-19(24)25-3)18(23)22-9-7-15(8-10-22)26-16-6-4-5-14(20)12-16/h4-6,12-13,15,17H,7-11H2,1-3H3,(H,21,24). The van der Waals surface area contributed by atoms with Gasteiger partial charge in [-0.05, 0) is 30.5 Å². The highest BCUT2D eigenvalue weighted by Gasteiger charge is 2.30. The fourth-order valence-corrected chi connectivity index (χ4v) is 3.42. The molecule has 2 amide bonds. The Morgan fingerprint density at radius 1 is 1.31 bits per heavy atom. The van der Waals surface area contributed by atoms with Gasteiger partial charge in [-0.2, -0.15) is 0 Å². The van der Waals surface area contributed by atoms with Crippen LogP contribution >= 0.6 is 15.9 Å². The molecule has 144 valence electrons. The van der Waals surface area contributed by atoms with Gasteiger partial charge in [0.1, 0.15) is 17.9 Å². The first-order valence-electron chi connectivity index (χ1n) is 8.94. The van der Waals surface area contributed by atoms with Gasteiger partial charge >= 0.3 is 6.09 Å². The number of ether oxygens (including phenoxy) is 2. The van der Waals surface area contributed by atoms with Crippen LogP contribution < -0.4 is 10.1 Å². The number of carbonyl (C=O) groups excluding carboxylic acids is 2. The number of nitrogens with zero attached hydrogens (tertiary/aromatic N) is 1. The summed E-state index contributed by atoms with van der Waals surface area (Å²) in [5.74, 6) is 1.07. The second-order valence-electron chi connectivity index (χ2n) is 6.92. The van der Waals surface area contributed by atoms with Gasteiger partial charge in [-0.15, -0.1) is 0 Å². The fraction of sp³-hybridized carbons (Fsp3) is 0.579. The molecule has 7 heteroatoms. The van der Waals surface area contributed by atoms with Crippen LogP contribution in [-0.4, -0.2) is 49.2 Å². The van der Waals surface area contributed by atoms with E-state index in [1.807, 2.05) is 43.0 Å². The maximum atomic E-state index is 12.8. The maximum absolute atomic E-state index is 12.8. The average Bonchev–Trinajstić information content (AvgIpc) is 2.60. The number of methoxy groups -OCH3 is 1. The van der Waals surface area contributed by atoms with E-state index in [1.54, 1.807) is 0 Å². The molecule has 0 spiro atoms. The predicted molar refractivity (Wildman–Crippen MR) is 103 cm³/mol. The highest BCUT2D eigenvalue weighted by Crippen LogP contribution is 2.23. The minimum absolute atomic E-state index is 0.0509. The quantitative estimate of drug-likeness (QED) is 0.754. The highest BCUT2D eigenvalue weighted by atomic mass is 79.9. The fourth-order valence-electron chi connectivity index (χ4n) is 3.04. The summed E-state index contributed by atoms with van der Waals surface area (Å²) < 4.78 is 11.6. The van der Waals surface area contributed by atoms with E-state index in [-0.39, 0.29) is 12.0 Å². The topological polar surface area (TPSA) is 67.9 Å². The molecule has 1 fully saturated rings. The first-order chi connectivity index (χ1) is 12.4. The van der Waals surface area contributed by atoms with Gasteiger partial charge in [-0.3, -0.25) is 4.79 Å². The molecule has 1 heterocycles. The van der Waals surface area contributed by atoms with E-state index >= 15 is 0 Å². The zero-order valence-corrected chi connectivity index (χ0v) is 17.1. The Kier molecular flexibility index (Phi) is 7.75. The summed E-state index contributed by atoms with van der Waals surface area (Å²) in [6.07, 6.45) is 1.64. The largest absolute Gasteiger partial charge is 0.490 e. The average molecular weight is 427 g/mol. The lowest BCUT2D eigenvalue weighted by Crippen LogP contribution is -2.52. The summed E-state index contributed by atoms with van der Waals surface area (Å²) >= 11 is 3.44. The summed E-state index contributed by atoms with van der Waals surface area (Å²) in [4.78, 5) is 26.2. The lowest BCUT2D eigenvalue weighted by molar-refractivity contribution is -0.135. The van der Waals surface area contributed by atoms with E-state index < -0.39 is 12.1 Å². The first kappa shape index (κ1) is 20.6. The molecule has 6 nitrogen and oxygen atoms in total. The molecule has 1 unspecified atom stereocenters. The van der Waals surface area contributed by atoms with Crippen LogP contribution in [0.4, 0.5) is 4.79 Å². The molecular weight excluding hydrogens is 400 g/mol. The van der Waals surface area contributed by atoms with Crippen LogP contribution in [0.15, 0.2) is 28.7 Å². The number of nitrogens with one attached hydrogen (secondary N) is 1. The molecule has 26 heavy (non-hydrogen) atoms. The smallest absolute Gasteiger partial charge is 0.407 e. The number of amides is 2. The van der Waals surface area contributed by atoms with Gasteiger partial charge in [-0.1, -0.05) is 35.8 Å². The number of hydrogen-bond donors (Lipinski definition) is 1. The third kappa shape index (κ3) is 6.20. The van der Waals surface area contributed by atoms with Gasteiger partial charge in [-0.25, -0.2) is 4.79 Å². The Morgan fingerprint density at radius 2 is 2.00 bits per heavy atom. The van der Waals surface area contributed by atoms with Gasteiger partial charge < -0.3 is 19.7 Å². The van der Waals surface area contributed by atoms with Crippen molar-refractivity contribution >= 4 is 27.9 Å². The predicted octanol–water partition coefficient (Wildman–Crippen LogP) is 3.59. The maximum Gasteiger partial charge on any atom is 0.407 e. The van der Waals surface area contributed by atoms with E-state index in [0.717, 1.165) is 23.1 Å². The molecular formula is C19H27BrN2O4. The molecule has 0 aromatic heterocycles. The normalized spacial score (nSPS) is 16.3. The van der Waals surface area contributed by atoms with Crippen LogP contribution in [-0.2, 0) is 9.53 Å². The van der Waals surface area contributed by atoms with Crippen LogP contribution in [0.5, 0.6) is 5.75 Å². The summed E-state index contributed by atoms with van der Waals surface area (Å²) in [5, 5.41) is 2.66. The zero-order chi connectivity index (χ0) is 19.1. The van der Waals surface area contributed by atoms with Crippen molar-refractivity contribution < 1.29 is 19.1 Å². The van der Waals surface area contributed by atoms with Crippen molar-refractivity contribution in [3.63, 3.8) is 0 Å². The number of carbonyl (C=O) groups is 2. The summed E-state index contributed by atoms with van der Waals surface area (Å²) in [6, 6.07) is 7.22. The molecule has 1 atom stereocenters. The molecule has 1 aromatic rings. The SMILES string of the molecule is COC(=O)NC(CC(C)C)C(=O)N1CCC(Oc2cccc(Br)c2)CC1. The molecule has 2 rings (SSSR count). The van der Waals surface area contributed by atoms with Gasteiger partial charge in [0.15, 0.2) is 0 Å². The van der Waals surface area contributed by atoms with E-state index in [9.17, 15) is 9.59 Å². The number of alkyl carbamates (subject to hydrolysis) is 1. The second kappa shape index (κ2) is 9.80. The molecule has 0 aliphatic carbocycles. The summed E-state index contributed by atoms with van der Waals surface area (Å²) in [6.45, 7) is 5.29. The molecule has 1 aromatic carbocycles. The van der Waals surface area contributed by atoms with E-state index in [2.05, 4.69) is 26.0 Å². The minimum atomic E-state index is -0.572. The molecule has 0 saturated carbocycles. The van der Waals surface area contributed by atoms with Crippen molar-refractivity contribution in [1.29, 1.82) is 0 Å². The summed E-state index contributed by atoms with van der Waals surface area (Å²) in [7, 11) is 1.30. The Labute approximate surface area is 163 Å². The molecule has 0 bridgehead atoms. The molecule has 1 aliphatic rings. The van der Waals surface area contributed by atoms with Crippen molar-refractivity contribution in [1.82, 2.24) is 10.2 Å². The number of piperidine rings is 1. The van der Waals surface area contributed by atoms with Crippen molar-refractivity contribution in [2.45, 2.75) is 45.3 Å². The van der Waals surface area contributed by atoms with E-state index in [0.29, 0.717) is 25.4 Å². The Hall–Kier alpha value is -1.76. The van der Waals surface area contributed by atoms with E-state index in [4.69, 9.17) is 4.74 Å². The number of halogens is 1.